The Balaban J connectivity index is 1.32. The van der Waals surface area contributed by atoms with E-state index in [0.717, 1.165) is 49.3 Å². The predicted molar refractivity (Wildman–Crippen MR) is 122 cm³/mol. The molecule has 1 atom stereocenters. The van der Waals surface area contributed by atoms with Gasteiger partial charge in [-0.2, -0.15) is 0 Å². The van der Waals surface area contributed by atoms with Crippen molar-refractivity contribution in [2.24, 2.45) is 5.92 Å². The normalized spacial score (nSPS) is 20.1. The van der Waals surface area contributed by atoms with Crippen LogP contribution in [0, 0.1) is 5.92 Å². The highest BCUT2D eigenvalue weighted by Gasteiger charge is 2.24. The van der Waals surface area contributed by atoms with Crippen LogP contribution in [-0.4, -0.2) is 39.2 Å². The first-order valence-corrected chi connectivity index (χ1v) is 13.3. The van der Waals surface area contributed by atoms with Gasteiger partial charge in [-0.3, -0.25) is 4.79 Å². The average Bonchev–Trinajstić information content (AvgIpc) is 3.18. The van der Waals surface area contributed by atoms with Gasteiger partial charge in [-0.05, 0) is 73.9 Å². The number of benzene rings is 1. The van der Waals surface area contributed by atoms with Gasteiger partial charge in [0, 0.05) is 29.7 Å². The van der Waals surface area contributed by atoms with Crippen molar-refractivity contribution in [3.63, 3.8) is 0 Å². The third kappa shape index (κ3) is 4.57. The zero-order chi connectivity index (χ0) is 21.3. The molecule has 0 saturated carbocycles. The van der Waals surface area contributed by atoms with E-state index in [4.69, 9.17) is 0 Å². The van der Waals surface area contributed by atoms with Gasteiger partial charge < -0.3 is 10.2 Å². The summed E-state index contributed by atoms with van der Waals surface area (Å²) in [7, 11) is -3.16. The first kappa shape index (κ1) is 21.4. The fourth-order valence-electron chi connectivity index (χ4n) is 4.39. The number of sulfone groups is 1. The van der Waals surface area contributed by atoms with E-state index in [2.05, 4.69) is 23.2 Å². The number of hydrogen-bond donors (Lipinski definition) is 1. The number of carbonyl (C=O) groups excluding carboxylic acids is 1. The molecule has 0 spiro atoms. The molecular formula is C23H30N2O3S2. The minimum atomic E-state index is -3.16. The molecule has 1 aliphatic carbocycles. The standard InChI is InChI=1S/C23H30N2O3S2/c1-3-30(27,28)20-7-5-19(6-8-20)25-12-10-18(11-13-25)24-23(26)22-15-17-14-16(2)4-9-21(17)29-22/h5-8,15-16,18H,3-4,9-14H2,1-2H3,(H,24,26). The number of amides is 1. The van der Waals surface area contributed by atoms with E-state index in [-0.39, 0.29) is 17.7 Å². The Labute approximate surface area is 183 Å². The van der Waals surface area contributed by atoms with E-state index < -0.39 is 9.84 Å². The Morgan fingerprint density at radius 2 is 1.87 bits per heavy atom. The van der Waals surface area contributed by atoms with Gasteiger partial charge in [-0.15, -0.1) is 11.3 Å². The first-order valence-electron chi connectivity index (χ1n) is 10.9. The molecule has 1 saturated heterocycles. The van der Waals surface area contributed by atoms with Crippen molar-refractivity contribution < 1.29 is 13.2 Å². The lowest BCUT2D eigenvalue weighted by atomic mass is 9.90. The second-order valence-electron chi connectivity index (χ2n) is 8.54. The van der Waals surface area contributed by atoms with E-state index in [9.17, 15) is 13.2 Å². The summed E-state index contributed by atoms with van der Waals surface area (Å²) in [4.78, 5) is 17.6. The highest BCUT2D eigenvalue weighted by Crippen LogP contribution is 2.32. The summed E-state index contributed by atoms with van der Waals surface area (Å²) in [6.07, 6.45) is 5.20. The van der Waals surface area contributed by atoms with E-state index >= 15 is 0 Å². The highest BCUT2D eigenvalue weighted by molar-refractivity contribution is 7.91. The van der Waals surface area contributed by atoms with E-state index in [1.807, 2.05) is 12.1 Å². The molecule has 1 fully saturated rings. The molecular weight excluding hydrogens is 416 g/mol. The zero-order valence-electron chi connectivity index (χ0n) is 17.7. The minimum Gasteiger partial charge on any atom is -0.371 e. The molecule has 1 aliphatic heterocycles. The van der Waals surface area contributed by atoms with Gasteiger partial charge in [-0.1, -0.05) is 13.8 Å². The van der Waals surface area contributed by atoms with Crippen molar-refractivity contribution in [1.82, 2.24) is 5.32 Å². The summed E-state index contributed by atoms with van der Waals surface area (Å²) in [5.74, 6) is 0.891. The molecule has 0 bridgehead atoms. The zero-order valence-corrected chi connectivity index (χ0v) is 19.3. The van der Waals surface area contributed by atoms with Crippen LogP contribution in [0.2, 0.25) is 0 Å². The predicted octanol–water partition coefficient (Wildman–Crippen LogP) is 4.07. The summed E-state index contributed by atoms with van der Waals surface area (Å²) in [5.41, 5.74) is 2.40. The highest BCUT2D eigenvalue weighted by atomic mass is 32.2. The molecule has 4 rings (SSSR count). The Kier molecular flexibility index (Phi) is 6.21. The number of aryl methyl sites for hydroxylation is 1. The maximum Gasteiger partial charge on any atom is 0.261 e. The maximum atomic E-state index is 12.8. The van der Waals surface area contributed by atoms with Gasteiger partial charge >= 0.3 is 0 Å². The van der Waals surface area contributed by atoms with Crippen molar-refractivity contribution >= 4 is 32.8 Å². The lowest BCUT2D eigenvalue weighted by Gasteiger charge is -2.34. The Bertz CT molecular complexity index is 1000. The largest absolute Gasteiger partial charge is 0.371 e. The van der Waals surface area contributed by atoms with Crippen LogP contribution in [0.5, 0.6) is 0 Å². The number of piperidine rings is 1. The van der Waals surface area contributed by atoms with Crippen LogP contribution >= 0.6 is 11.3 Å². The fraction of sp³-hybridized carbons (Fsp3) is 0.522. The first-order chi connectivity index (χ1) is 14.4. The molecule has 5 nitrogen and oxygen atoms in total. The molecule has 162 valence electrons. The lowest BCUT2D eigenvalue weighted by molar-refractivity contribution is 0.0935. The van der Waals surface area contributed by atoms with Gasteiger partial charge in [0.1, 0.15) is 0 Å². The third-order valence-corrected chi connectivity index (χ3v) is 9.31. The Hall–Kier alpha value is -1.86. The van der Waals surface area contributed by atoms with Crippen molar-refractivity contribution in [2.45, 2.75) is 56.9 Å². The summed E-state index contributed by atoms with van der Waals surface area (Å²) < 4.78 is 24.0. The molecule has 30 heavy (non-hydrogen) atoms. The molecule has 7 heteroatoms. The van der Waals surface area contributed by atoms with Crippen molar-refractivity contribution in [3.8, 4) is 0 Å². The molecule has 0 radical (unpaired) electrons. The molecule has 1 aromatic carbocycles. The smallest absolute Gasteiger partial charge is 0.261 e. The molecule has 1 amide bonds. The van der Waals surface area contributed by atoms with Crippen molar-refractivity contribution in [1.29, 1.82) is 0 Å². The Morgan fingerprint density at radius 1 is 1.17 bits per heavy atom. The number of nitrogens with one attached hydrogen (secondary N) is 1. The number of anilines is 1. The van der Waals surface area contributed by atoms with Crippen molar-refractivity contribution in [2.75, 3.05) is 23.7 Å². The molecule has 1 aromatic heterocycles. The number of rotatable bonds is 5. The average molecular weight is 447 g/mol. The van der Waals surface area contributed by atoms with E-state index in [1.54, 1.807) is 30.4 Å². The molecule has 2 heterocycles. The number of nitrogens with zero attached hydrogens (tertiary/aromatic N) is 1. The molecule has 2 aliphatic rings. The third-order valence-electron chi connectivity index (χ3n) is 6.32. The van der Waals surface area contributed by atoms with Gasteiger partial charge in [0.15, 0.2) is 9.84 Å². The fourth-order valence-corrected chi connectivity index (χ4v) is 6.38. The monoisotopic (exact) mass is 446 g/mol. The van der Waals surface area contributed by atoms with Gasteiger partial charge in [0.2, 0.25) is 0 Å². The van der Waals surface area contributed by atoms with Crippen LogP contribution in [0.25, 0.3) is 0 Å². The van der Waals surface area contributed by atoms with Crippen LogP contribution in [0.3, 0.4) is 0 Å². The topological polar surface area (TPSA) is 66.5 Å². The summed E-state index contributed by atoms with van der Waals surface area (Å²) in [5, 5.41) is 3.23. The summed E-state index contributed by atoms with van der Waals surface area (Å²) >= 11 is 1.66. The number of thiophene rings is 1. The van der Waals surface area contributed by atoms with Crippen LogP contribution in [0.4, 0.5) is 5.69 Å². The number of carbonyl (C=O) groups is 1. The van der Waals surface area contributed by atoms with Crippen LogP contribution in [-0.2, 0) is 22.7 Å². The SMILES string of the molecule is CCS(=O)(=O)c1ccc(N2CCC(NC(=O)c3cc4c(s3)CCC(C)C4)CC2)cc1. The number of hydrogen-bond acceptors (Lipinski definition) is 5. The summed E-state index contributed by atoms with van der Waals surface area (Å²) in [6, 6.07) is 9.46. The van der Waals surface area contributed by atoms with Crippen molar-refractivity contribution in [3.05, 3.63) is 45.6 Å². The second kappa shape index (κ2) is 8.71. The van der Waals surface area contributed by atoms with Gasteiger partial charge in [0.25, 0.3) is 5.91 Å². The van der Waals surface area contributed by atoms with E-state index in [1.165, 1.54) is 16.9 Å². The van der Waals surface area contributed by atoms with E-state index in [0.29, 0.717) is 10.8 Å². The van der Waals surface area contributed by atoms with Crippen LogP contribution in [0.15, 0.2) is 35.2 Å². The Morgan fingerprint density at radius 3 is 2.53 bits per heavy atom. The molecule has 2 aromatic rings. The van der Waals surface area contributed by atoms with Gasteiger partial charge in [0.05, 0.1) is 15.5 Å². The molecule has 1 N–H and O–H groups in total. The van der Waals surface area contributed by atoms with Gasteiger partial charge in [-0.25, -0.2) is 8.42 Å². The second-order valence-corrected chi connectivity index (χ2v) is 12.0. The summed E-state index contributed by atoms with van der Waals surface area (Å²) in [6.45, 7) is 5.64. The van der Waals surface area contributed by atoms with Crippen LogP contribution in [0.1, 0.15) is 53.2 Å². The molecule has 1 unspecified atom stereocenters. The maximum absolute atomic E-state index is 12.8. The lowest BCUT2D eigenvalue weighted by Crippen LogP contribution is -2.44. The minimum absolute atomic E-state index is 0.0645. The number of fused-ring (bicyclic) bond motifs is 1. The van der Waals surface area contributed by atoms with Crippen LogP contribution < -0.4 is 10.2 Å². The quantitative estimate of drug-likeness (QED) is 0.752.